The summed E-state index contributed by atoms with van der Waals surface area (Å²) in [4.78, 5) is 14.2. The first-order chi connectivity index (χ1) is 17.6. The van der Waals surface area contributed by atoms with Crippen molar-refractivity contribution in [3.8, 4) is 28.4 Å². The van der Waals surface area contributed by atoms with Gasteiger partial charge in [-0.15, -0.1) is 0 Å². The van der Waals surface area contributed by atoms with Crippen LogP contribution < -0.4 is 10.1 Å². The lowest BCUT2D eigenvalue weighted by atomic mass is 10.1. The number of rotatable bonds is 7. The van der Waals surface area contributed by atoms with Crippen LogP contribution in [0.2, 0.25) is 0 Å². The number of ether oxygens (including phenoxy) is 1. The minimum absolute atomic E-state index is 0.191. The second-order valence-corrected chi connectivity index (χ2v) is 8.98. The number of anilines is 1. The summed E-state index contributed by atoms with van der Waals surface area (Å²) >= 11 is 0. The fourth-order valence-electron chi connectivity index (χ4n) is 5.11. The molecule has 8 heteroatoms. The van der Waals surface area contributed by atoms with Crippen LogP contribution in [0.4, 0.5) is 10.3 Å². The Kier molecular flexibility index (Phi) is 5.64. The lowest BCUT2D eigenvalue weighted by molar-refractivity contribution is 0.414. The maximum Gasteiger partial charge on any atom is 0.223 e. The summed E-state index contributed by atoms with van der Waals surface area (Å²) in [6.45, 7) is 3.54. The molecule has 4 heterocycles. The Balaban J connectivity index is 1.47. The molecule has 0 saturated heterocycles. The SMILES string of the molecule is CCNc1nccc(-c2c(-c3ccc(F)cc3)nc3n2C(Cn2ccc4ccc(OC)cc42)CC3)n1. The van der Waals surface area contributed by atoms with E-state index in [2.05, 4.69) is 43.8 Å². The van der Waals surface area contributed by atoms with Gasteiger partial charge in [-0.2, -0.15) is 0 Å². The first-order valence-electron chi connectivity index (χ1n) is 12.2. The lowest BCUT2D eigenvalue weighted by Crippen LogP contribution is -2.14. The third kappa shape index (κ3) is 3.88. The van der Waals surface area contributed by atoms with Crippen molar-refractivity contribution in [2.45, 2.75) is 32.4 Å². The number of fused-ring (bicyclic) bond motifs is 2. The highest BCUT2D eigenvalue weighted by molar-refractivity contribution is 5.82. The molecule has 1 atom stereocenters. The van der Waals surface area contributed by atoms with Gasteiger partial charge in [-0.05, 0) is 67.3 Å². The largest absolute Gasteiger partial charge is 0.497 e. The molecule has 36 heavy (non-hydrogen) atoms. The molecule has 2 aromatic carbocycles. The van der Waals surface area contributed by atoms with E-state index in [1.54, 1.807) is 25.4 Å². The van der Waals surface area contributed by atoms with Crippen molar-refractivity contribution in [3.63, 3.8) is 0 Å². The molecule has 0 bridgehead atoms. The number of hydrogen-bond donors (Lipinski definition) is 1. The van der Waals surface area contributed by atoms with E-state index >= 15 is 0 Å². The Morgan fingerprint density at radius 1 is 1.08 bits per heavy atom. The minimum atomic E-state index is -0.267. The Bertz CT molecular complexity index is 1540. The second kappa shape index (κ2) is 9.11. The van der Waals surface area contributed by atoms with Crippen LogP contribution in [-0.2, 0) is 13.0 Å². The van der Waals surface area contributed by atoms with Crippen LogP contribution in [0.25, 0.3) is 33.5 Å². The Morgan fingerprint density at radius 3 is 2.75 bits per heavy atom. The van der Waals surface area contributed by atoms with Crippen LogP contribution in [0.5, 0.6) is 5.75 Å². The number of nitrogens with one attached hydrogen (secondary N) is 1. The molecule has 0 fully saturated rings. The van der Waals surface area contributed by atoms with Crippen molar-refractivity contribution >= 4 is 16.9 Å². The van der Waals surface area contributed by atoms with E-state index in [-0.39, 0.29) is 11.9 Å². The van der Waals surface area contributed by atoms with Crippen LogP contribution in [0, 0.1) is 5.82 Å². The molecule has 1 unspecified atom stereocenters. The number of benzene rings is 2. The topological polar surface area (TPSA) is 69.8 Å². The molecule has 1 aliphatic rings. The highest BCUT2D eigenvalue weighted by Crippen LogP contribution is 2.40. The highest BCUT2D eigenvalue weighted by atomic mass is 19.1. The Labute approximate surface area is 208 Å². The predicted molar refractivity (Wildman–Crippen MR) is 139 cm³/mol. The molecule has 0 aliphatic carbocycles. The van der Waals surface area contributed by atoms with Gasteiger partial charge in [0.1, 0.15) is 17.4 Å². The quantitative estimate of drug-likeness (QED) is 0.321. The average Bonchev–Trinajstić information content (AvgIpc) is 3.59. The summed E-state index contributed by atoms with van der Waals surface area (Å²) in [6, 6.07) is 16.9. The zero-order valence-corrected chi connectivity index (χ0v) is 20.3. The number of nitrogens with zero attached hydrogens (tertiary/aromatic N) is 5. The van der Waals surface area contributed by atoms with E-state index in [1.165, 1.54) is 17.5 Å². The number of imidazole rings is 1. The van der Waals surface area contributed by atoms with Crippen LogP contribution in [0.15, 0.2) is 67.0 Å². The zero-order chi connectivity index (χ0) is 24.6. The van der Waals surface area contributed by atoms with Gasteiger partial charge in [0.15, 0.2) is 0 Å². The van der Waals surface area contributed by atoms with Crippen LogP contribution in [0.3, 0.4) is 0 Å². The van der Waals surface area contributed by atoms with Gasteiger partial charge in [0.05, 0.1) is 35.8 Å². The second-order valence-electron chi connectivity index (χ2n) is 8.98. The summed E-state index contributed by atoms with van der Waals surface area (Å²) in [5.74, 6) is 2.17. The van der Waals surface area contributed by atoms with E-state index in [4.69, 9.17) is 14.7 Å². The minimum Gasteiger partial charge on any atom is -0.497 e. The molecule has 1 aliphatic heterocycles. The summed E-state index contributed by atoms with van der Waals surface area (Å²) in [5, 5.41) is 4.38. The molecule has 0 radical (unpaired) electrons. The van der Waals surface area contributed by atoms with Crippen LogP contribution >= 0.6 is 0 Å². The summed E-state index contributed by atoms with van der Waals surface area (Å²) in [5.41, 5.74) is 4.56. The fraction of sp³-hybridized carbons (Fsp3) is 0.250. The van der Waals surface area contributed by atoms with Gasteiger partial charge in [0, 0.05) is 43.5 Å². The molecule has 5 aromatic rings. The number of methoxy groups -OCH3 is 1. The van der Waals surface area contributed by atoms with Gasteiger partial charge in [0.2, 0.25) is 5.95 Å². The fourth-order valence-corrected chi connectivity index (χ4v) is 5.11. The summed E-state index contributed by atoms with van der Waals surface area (Å²) in [6.07, 6.45) is 5.75. The number of aryl methyl sites for hydroxylation is 1. The maximum absolute atomic E-state index is 13.7. The van der Waals surface area contributed by atoms with Crippen LogP contribution in [-0.4, -0.2) is 37.7 Å². The number of halogens is 1. The van der Waals surface area contributed by atoms with Crippen molar-refractivity contribution in [1.29, 1.82) is 0 Å². The van der Waals surface area contributed by atoms with E-state index in [0.717, 1.165) is 65.7 Å². The molecule has 0 saturated carbocycles. The Hall–Kier alpha value is -4.20. The predicted octanol–water partition coefficient (Wildman–Crippen LogP) is 5.73. The lowest BCUT2D eigenvalue weighted by Gasteiger charge is -2.19. The number of aromatic nitrogens is 5. The molecule has 3 aromatic heterocycles. The molecule has 0 spiro atoms. The van der Waals surface area contributed by atoms with Crippen molar-refractivity contribution in [1.82, 2.24) is 24.1 Å². The van der Waals surface area contributed by atoms with Crippen molar-refractivity contribution < 1.29 is 9.13 Å². The van der Waals surface area contributed by atoms with E-state index in [0.29, 0.717) is 5.95 Å². The smallest absolute Gasteiger partial charge is 0.223 e. The summed E-state index contributed by atoms with van der Waals surface area (Å²) < 4.78 is 23.8. The van der Waals surface area contributed by atoms with Crippen molar-refractivity contribution in [2.24, 2.45) is 0 Å². The van der Waals surface area contributed by atoms with Gasteiger partial charge in [-0.3, -0.25) is 0 Å². The monoisotopic (exact) mass is 482 g/mol. The highest BCUT2D eigenvalue weighted by Gasteiger charge is 2.31. The molecule has 0 amide bonds. The van der Waals surface area contributed by atoms with Gasteiger partial charge < -0.3 is 19.2 Å². The molecular formula is C28H27FN6O. The normalized spacial score (nSPS) is 14.8. The third-order valence-electron chi connectivity index (χ3n) is 6.79. The van der Waals surface area contributed by atoms with Gasteiger partial charge in [0.25, 0.3) is 0 Å². The van der Waals surface area contributed by atoms with E-state index in [9.17, 15) is 4.39 Å². The van der Waals surface area contributed by atoms with Gasteiger partial charge in [-0.1, -0.05) is 0 Å². The molecule has 1 N–H and O–H groups in total. The molecular weight excluding hydrogens is 455 g/mol. The van der Waals surface area contributed by atoms with E-state index in [1.807, 2.05) is 19.1 Å². The average molecular weight is 483 g/mol. The van der Waals surface area contributed by atoms with Crippen LogP contribution in [0.1, 0.15) is 25.2 Å². The number of hydrogen-bond acceptors (Lipinski definition) is 5. The first kappa shape index (κ1) is 22.3. The molecule has 7 nitrogen and oxygen atoms in total. The zero-order valence-electron chi connectivity index (χ0n) is 20.3. The van der Waals surface area contributed by atoms with Gasteiger partial charge >= 0.3 is 0 Å². The maximum atomic E-state index is 13.7. The summed E-state index contributed by atoms with van der Waals surface area (Å²) in [7, 11) is 1.69. The van der Waals surface area contributed by atoms with Crippen molar-refractivity contribution in [3.05, 3.63) is 78.6 Å². The third-order valence-corrected chi connectivity index (χ3v) is 6.79. The first-order valence-corrected chi connectivity index (χ1v) is 12.2. The Morgan fingerprint density at radius 2 is 1.94 bits per heavy atom. The van der Waals surface area contributed by atoms with E-state index < -0.39 is 0 Å². The molecule has 182 valence electrons. The van der Waals surface area contributed by atoms with Crippen molar-refractivity contribution in [2.75, 3.05) is 19.0 Å². The molecule has 6 rings (SSSR count). The van der Waals surface area contributed by atoms with Gasteiger partial charge in [-0.25, -0.2) is 19.3 Å². The standard InChI is InChI=1S/C28H27FN6O/c1-3-30-28-31-14-12-23(32-28)27-26(19-4-7-20(29)8-5-19)33-25-11-9-21(35(25)27)17-34-15-13-18-6-10-22(36-2)16-24(18)34/h4-8,10,12-16,21H,3,9,11,17H2,1-2H3,(H,30,31,32).